The van der Waals surface area contributed by atoms with Crippen molar-refractivity contribution >= 4 is 19.4 Å². The molecular formula is C10H17N2O6PS. The molecule has 2 rings (SSSR count). The molecule has 114 valence electrons. The van der Waals surface area contributed by atoms with Crippen LogP contribution in [0.4, 0.5) is 0 Å². The van der Waals surface area contributed by atoms with E-state index >= 15 is 0 Å². The van der Waals surface area contributed by atoms with Crippen molar-refractivity contribution in [3.63, 3.8) is 0 Å². The van der Waals surface area contributed by atoms with E-state index in [0.29, 0.717) is 18.4 Å². The molecule has 1 aliphatic rings. The van der Waals surface area contributed by atoms with Crippen molar-refractivity contribution in [2.45, 2.75) is 32.1 Å². The van der Waals surface area contributed by atoms with Crippen LogP contribution in [0.3, 0.4) is 0 Å². The van der Waals surface area contributed by atoms with Gasteiger partial charge in [0.2, 0.25) is 0 Å². The van der Waals surface area contributed by atoms with Gasteiger partial charge in [0.1, 0.15) is 0 Å². The van der Waals surface area contributed by atoms with E-state index in [1.807, 2.05) is 0 Å². The first kappa shape index (κ1) is 15.7. The number of H-pyrrole nitrogens is 1. The fraction of sp³-hybridized carbons (Fsp3) is 0.600. The molecule has 0 spiro atoms. The molecule has 10 heteroatoms. The topological polar surface area (TPSA) is 114 Å². The van der Waals surface area contributed by atoms with Crippen LogP contribution in [-0.2, 0) is 9.26 Å². The Labute approximate surface area is 120 Å². The number of hydrogen-bond acceptors (Lipinski definition) is 7. The molecule has 0 bridgehead atoms. The van der Waals surface area contributed by atoms with Crippen LogP contribution >= 0.6 is 19.4 Å². The Kier molecular flexibility index (Phi) is 4.68. The molecule has 3 N–H and O–H groups in total. The zero-order valence-corrected chi connectivity index (χ0v) is 12.7. The van der Waals surface area contributed by atoms with E-state index in [-0.39, 0.29) is 12.7 Å². The number of nitrogens with zero attached hydrogens (tertiary/aromatic N) is 1. The van der Waals surface area contributed by atoms with Crippen molar-refractivity contribution in [1.82, 2.24) is 9.55 Å². The second-order valence-corrected chi connectivity index (χ2v) is 7.84. The maximum atomic E-state index is 11.7. The minimum absolute atomic E-state index is 0.00366. The standard InChI is InChI=1S/C10H17N2O6PS/c1-6-4-12(10(14)11-9(6)13)8-3-2-7(18-8)5-17-19(15,16)20/h4,7-8,15-16,19-20H,2-3,5H2,1H3,(H,11,13,14)/t7-,8+/m0/s1. The van der Waals surface area contributed by atoms with E-state index in [4.69, 9.17) is 19.0 Å². The van der Waals surface area contributed by atoms with E-state index in [1.165, 1.54) is 10.8 Å². The molecule has 1 aromatic heterocycles. The maximum absolute atomic E-state index is 11.7. The third-order valence-electron chi connectivity index (χ3n) is 3.00. The average molecular weight is 324 g/mol. The number of aryl methyl sites for hydroxylation is 1. The summed E-state index contributed by atoms with van der Waals surface area (Å²) in [5.41, 5.74) is -0.537. The van der Waals surface area contributed by atoms with Gasteiger partial charge in [-0.25, -0.2) is 0 Å². The summed E-state index contributed by atoms with van der Waals surface area (Å²) in [5, 5.41) is 0. The zero-order valence-electron chi connectivity index (χ0n) is 10.8. The number of aromatic amines is 1. The summed E-state index contributed by atoms with van der Waals surface area (Å²) in [6.07, 6.45) is 1.77. The van der Waals surface area contributed by atoms with Crippen LogP contribution in [0, 0.1) is 6.92 Å². The Morgan fingerprint density at radius 2 is 2.25 bits per heavy atom. The van der Waals surface area contributed by atoms with Crippen LogP contribution in [-0.4, -0.2) is 32.0 Å². The molecular weight excluding hydrogens is 307 g/mol. The molecule has 1 aromatic rings. The van der Waals surface area contributed by atoms with Crippen molar-refractivity contribution in [1.29, 1.82) is 0 Å². The Bertz CT molecular complexity index is 595. The van der Waals surface area contributed by atoms with Crippen LogP contribution in [0.2, 0.25) is 0 Å². The van der Waals surface area contributed by atoms with Gasteiger partial charge in [0.15, 0.2) is 0 Å². The number of rotatable bonds is 4. The van der Waals surface area contributed by atoms with E-state index in [2.05, 4.69) is 17.2 Å². The molecule has 1 saturated heterocycles. The summed E-state index contributed by atoms with van der Waals surface area (Å²) >= 11 is 3.54. The monoisotopic (exact) mass is 324 g/mol. The van der Waals surface area contributed by atoms with Crippen molar-refractivity contribution in [3.8, 4) is 0 Å². The minimum atomic E-state index is -3.85. The van der Waals surface area contributed by atoms with Gasteiger partial charge in [-0.3, -0.25) is 0 Å². The molecule has 0 aliphatic carbocycles. The Morgan fingerprint density at radius 1 is 1.55 bits per heavy atom. The Hall–Kier alpha value is -0.700. The average Bonchev–Trinajstić information content (AvgIpc) is 2.79. The summed E-state index contributed by atoms with van der Waals surface area (Å²) in [6.45, 7) is 1.60. The zero-order chi connectivity index (χ0) is 14.9. The number of nitrogens with one attached hydrogen (secondary N) is 1. The van der Waals surface area contributed by atoms with Gasteiger partial charge < -0.3 is 0 Å². The van der Waals surface area contributed by atoms with Crippen molar-refractivity contribution in [2.75, 3.05) is 6.61 Å². The number of ether oxygens (including phenoxy) is 1. The van der Waals surface area contributed by atoms with Crippen LogP contribution in [0.15, 0.2) is 15.8 Å². The van der Waals surface area contributed by atoms with Gasteiger partial charge in [0.25, 0.3) is 0 Å². The third kappa shape index (κ3) is 3.91. The number of hydrogen-bond donors (Lipinski definition) is 4. The van der Waals surface area contributed by atoms with Gasteiger partial charge in [0.05, 0.1) is 0 Å². The van der Waals surface area contributed by atoms with E-state index in [0.717, 1.165) is 0 Å². The molecule has 20 heavy (non-hydrogen) atoms. The molecule has 2 atom stereocenters. The first-order valence-corrected chi connectivity index (χ1v) is 9.14. The number of thiol groups is 1. The second kappa shape index (κ2) is 5.97. The quantitative estimate of drug-likeness (QED) is 0.453. The third-order valence-corrected chi connectivity index (χ3v) is 3.95. The molecule has 0 radical (unpaired) electrons. The Balaban J connectivity index is 2.05. The molecule has 0 aromatic carbocycles. The van der Waals surface area contributed by atoms with E-state index < -0.39 is 24.6 Å². The van der Waals surface area contributed by atoms with Gasteiger partial charge in [-0.1, -0.05) is 0 Å². The molecule has 1 aliphatic heterocycles. The summed E-state index contributed by atoms with van der Waals surface area (Å²) in [5.74, 6) is 0. The van der Waals surface area contributed by atoms with Gasteiger partial charge >= 0.3 is 119 Å². The van der Waals surface area contributed by atoms with Gasteiger partial charge in [-0.2, -0.15) is 0 Å². The van der Waals surface area contributed by atoms with Gasteiger partial charge in [-0.15, -0.1) is 0 Å². The number of aromatic nitrogens is 2. The predicted octanol–water partition coefficient (Wildman–Crippen LogP) is -0.136. The van der Waals surface area contributed by atoms with Gasteiger partial charge in [-0.05, 0) is 0 Å². The fourth-order valence-electron chi connectivity index (χ4n) is 2.02. The molecule has 0 saturated carbocycles. The van der Waals surface area contributed by atoms with Crippen LogP contribution in [0.5, 0.6) is 0 Å². The summed E-state index contributed by atoms with van der Waals surface area (Å²) in [4.78, 5) is 43.3. The van der Waals surface area contributed by atoms with E-state index in [9.17, 15) is 9.59 Å². The van der Waals surface area contributed by atoms with Crippen molar-refractivity contribution in [3.05, 3.63) is 32.6 Å². The normalized spacial score (nSPS) is 24.0. The second-order valence-electron chi connectivity index (χ2n) is 4.65. The SMILES string of the molecule is Cc1cn([C@H]2CC[C@@H](CO[PH](O)(O)S)O2)c(=O)[nH]c1=O. The van der Waals surface area contributed by atoms with Crippen LogP contribution in [0.1, 0.15) is 24.6 Å². The van der Waals surface area contributed by atoms with Gasteiger partial charge in [0, 0.05) is 0 Å². The van der Waals surface area contributed by atoms with Crippen LogP contribution < -0.4 is 11.2 Å². The molecule has 2 heterocycles. The first-order chi connectivity index (χ1) is 9.26. The summed E-state index contributed by atoms with van der Waals surface area (Å²) in [6, 6.07) is 0. The predicted molar refractivity (Wildman–Crippen MR) is 76.9 cm³/mol. The molecule has 1 fully saturated rings. The first-order valence-electron chi connectivity index (χ1n) is 6.05. The fourth-order valence-corrected chi connectivity index (χ4v) is 2.65. The molecule has 8 nitrogen and oxygen atoms in total. The van der Waals surface area contributed by atoms with Crippen molar-refractivity contribution in [2.24, 2.45) is 0 Å². The summed E-state index contributed by atoms with van der Waals surface area (Å²) < 4.78 is 11.7. The molecule has 0 amide bonds. The molecule has 0 unspecified atom stereocenters. The summed E-state index contributed by atoms with van der Waals surface area (Å²) in [7, 11) is -3.85. The Morgan fingerprint density at radius 3 is 2.90 bits per heavy atom. The van der Waals surface area contributed by atoms with Crippen LogP contribution in [0.25, 0.3) is 0 Å². The van der Waals surface area contributed by atoms with Crippen molar-refractivity contribution < 1.29 is 19.0 Å². The van der Waals surface area contributed by atoms with E-state index in [1.54, 1.807) is 6.92 Å².